The van der Waals surface area contributed by atoms with Crippen LogP contribution in [-0.2, 0) is 9.84 Å². The van der Waals surface area contributed by atoms with E-state index in [4.69, 9.17) is 27.9 Å². The average Bonchev–Trinajstić information content (AvgIpc) is 3.06. The Hall–Kier alpha value is -3.32. The Bertz CT molecular complexity index is 1900. The van der Waals surface area contributed by atoms with Crippen LogP contribution in [-0.4, -0.2) is 70.7 Å². The van der Waals surface area contributed by atoms with E-state index in [1.807, 2.05) is 48.5 Å². The molecule has 1 aliphatic rings. The van der Waals surface area contributed by atoms with Crippen molar-refractivity contribution >= 4 is 62.1 Å². The largest absolute Gasteiger partial charge is 0.497 e. The highest BCUT2D eigenvalue weighted by Crippen LogP contribution is 2.35. The van der Waals surface area contributed by atoms with Crippen molar-refractivity contribution in [2.24, 2.45) is 0 Å². The number of amides is 1. The van der Waals surface area contributed by atoms with Crippen molar-refractivity contribution in [3.8, 4) is 11.8 Å². The molecule has 5 rings (SSSR count). The summed E-state index contributed by atoms with van der Waals surface area (Å²) < 4.78 is 30.5. The van der Waals surface area contributed by atoms with Gasteiger partial charge in [-0.05, 0) is 103 Å². The van der Waals surface area contributed by atoms with Gasteiger partial charge in [-0.1, -0.05) is 59.6 Å². The Balaban J connectivity index is 0.00000500. The second kappa shape index (κ2) is 15.7. The Morgan fingerprint density at radius 3 is 2.43 bits per heavy atom. The van der Waals surface area contributed by atoms with Crippen molar-refractivity contribution in [2.75, 3.05) is 46.6 Å². The summed E-state index contributed by atoms with van der Waals surface area (Å²) >= 11 is 12.7. The molecule has 4 aromatic rings. The minimum Gasteiger partial charge on any atom is -0.497 e. The molecule has 4 aromatic carbocycles. The lowest BCUT2D eigenvalue weighted by molar-refractivity contribution is 0.0783. The number of ether oxygens (including phenoxy) is 1. The number of hydrogen-bond donors (Lipinski definition) is 0. The van der Waals surface area contributed by atoms with Crippen LogP contribution >= 0.6 is 35.6 Å². The maximum absolute atomic E-state index is 13.8. The van der Waals surface area contributed by atoms with E-state index in [-0.39, 0.29) is 30.2 Å². The van der Waals surface area contributed by atoms with Crippen LogP contribution in [0.5, 0.6) is 5.75 Å². The van der Waals surface area contributed by atoms with Gasteiger partial charge in [0.25, 0.3) is 5.91 Å². The molecule has 248 valence electrons. The first kappa shape index (κ1) is 36.5. The summed E-state index contributed by atoms with van der Waals surface area (Å²) in [6, 6.07) is 24.2. The van der Waals surface area contributed by atoms with Gasteiger partial charge in [0.1, 0.15) is 5.75 Å². The molecule has 0 saturated carbocycles. The smallest absolute Gasteiger partial charge is 0.254 e. The van der Waals surface area contributed by atoms with Crippen molar-refractivity contribution in [3.05, 3.63) is 105 Å². The number of likely N-dealkylation sites (tertiary alicyclic amines) is 1. The molecule has 1 atom stereocenters. The standard InChI is InChI=1S/C36H37Cl2N3O4S.ClH/c1-40(36(42)32-19-24(22-39)18-27-6-4-5-7-30(27)32)23-28(26-8-11-33(37)34(38)20-26)14-17-41-15-12-25(13-16-41)31-10-9-29(45-2)21-35(31)46(3,43)44;/h4-11,18-21,25,28H,12-17,23H2,1-3H3;1H. The highest BCUT2D eigenvalue weighted by atomic mass is 35.5. The maximum atomic E-state index is 13.8. The number of likely N-dealkylation sites (N-methyl/N-ethyl adjacent to an activating group) is 1. The van der Waals surface area contributed by atoms with Gasteiger partial charge >= 0.3 is 0 Å². The van der Waals surface area contributed by atoms with E-state index in [0.29, 0.717) is 38.4 Å². The van der Waals surface area contributed by atoms with Crippen LogP contribution in [0, 0.1) is 11.3 Å². The fraction of sp³-hybridized carbons (Fsp3) is 0.333. The molecular formula is C36H38Cl3N3O4S. The molecule has 1 amide bonds. The molecule has 0 bridgehead atoms. The summed E-state index contributed by atoms with van der Waals surface area (Å²) in [6.45, 7) is 2.90. The molecule has 1 fully saturated rings. The summed E-state index contributed by atoms with van der Waals surface area (Å²) in [6.07, 6.45) is 3.70. The van der Waals surface area contributed by atoms with Crippen LogP contribution in [0.25, 0.3) is 10.8 Å². The second-order valence-corrected chi connectivity index (χ2v) is 14.8. The molecule has 1 heterocycles. The number of benzene rings is 4. The number of piperidine rings is 1. The summed E-state index contributed by atoms with van der Waals surface area (Å²) in [4.78, 5) is 18.3. The highest BCUT2D eigenvalue weighted by Gasteiger charge is 2.27. The van der Waals surface area contributed by atoms with Crippen LogP contribution < -0.4 is 4.74 Å². The molecule has 0 spiro atoms. The lowest BCUT2D eigenvalue weighted by Crippen LogP contribution is -2.36. The highest BCUT2D eigenvalue weighted by molar-refractivity contribution is 7.90. The number of halogens is 3. The van der Waals surface area contributed by atoms with E-state index in [0.717, 1.165) is 60.8 Å². The van der Waals surface area contributed by atoms with Crippen molar-refractivity contribution in [2.45, 2.75) is 36.0 Å². The summed E-state index contributed by atoms with van der Waals surface area (Å²) in [7, 11) is -0.0781. The maximum Gasteiger partial charge on any atom is 0.254 e. The fourth-order valence-corrected chi connectivity index (χ4v) is 7.71. The van der Waals surface area contributed by atoms with Crippen LogP contribution in [0.3, 0.4) is 0 Å². The van der Waals surface area contributed by atoms with Crippen LogP contribution in [0.4, 0.5) is 0 Å². The van der Waals surface area contributed by atoms with Crippen molar-refractivity contribution in [1.82, 2.24) is 9.80 Å². The number of hydrogen-bond acceptors (Lipinski definition) is 6. The number of nitriles is 1. The zero-order chi connectivity index (χ0) is 33.0. The monoisotopic (exact) mass is 713 g/mol. The van der Waals surface area contributed by atoms with Gasteiger partial charge in [0, 0.05) is 31.3 Å². The predicted molar refractivity (Wildman–Crippen MR) is 191 cm³/mol. The molecule has 0 aromatic heterocycles. The molecule has 11 heteroatoms. The Kier molecular flexibility index (Phi) is 12.2. The van der Waals surface area contributed by atoms with E-state index in [1.165, 1.54) is 13.4 Å². The molecule has 0 radical (unpaired) electrons. The minimum absolute atomic E-state index is 0. The van der Waals surface area contributed by atoms with Gasteiger partial charge in [0.05, 0.1) is 33.7 Å². The molecular weight excluding hydrogens is 677 g/mol. The van der Waals surface area contributed by atoms with Crippen LogP contribution in [0.2, 0.25) is 10.0 Å². The van der Waals surface area contributed by atoms with Crippen LogP contribution in [0.1, 0.15) is 58.1 Å². The molecule has 1 saturated heterocycles. The molecule has 0 N–H and O–H groups in total. The Labute approximate surface area is 293 Å². The first-order valence-corrected chi connectivity index (χ1v) is 17.9. The van der Waals surface area contributed by atoms with Gasteiger partial charge in [-0.15, -0.1) is 12.4 Å². The Morgan fingerprint density at radius 1 is 1.04 bits per heavy atom. The van der Waals surface area contributed by atoms with E-state index in [9.17, 15) is 18.5 Å². The van der Waals surface area contributed by atoms with Crippen molar-refractivity contribution in [1.29, 1.82) is 5.26 Å². The molecule has 47 heavy (non-hydrogen) atoms. The predicted octanol–water partition coefficient (Wildman–Crippen LogP) is 7.98. The number of carbonyl (C=O) groups excluding carboxylic acids is 1. The summed E-state index contributed by atoms with van der Waals surface area (Å²) in [5.74, 6) is 0.496. The van der Waals surface area contributed by atoms with Gasteiger partial charge in [0.15, 0.2) is 9.84 Å². The minimum atomic E-state index is -3.40. The molecule has 1 aliphatic heterocycles. The third-order valence-corrected chi connectivity index (χ3v) is 10.8. The van der Waals surface area contributed by atoms with Crippen molar-refractivity contribution in [3.63, 3.8) is 0 Å². The zero-order valence-corrected chi connectivity index (χ0v) is 29.7. The molecule has 7 nitrogen and oxygen atoms in total. The lowest BCUT2D eigenvalue weighted by Gasteiger charge is -2.34. The van der Waals surface area contributed by atoms with Gasteiger partial charge in [-0.25, -0.2) is 8.42 Å². The van der Waals surface area contributed by atoms with Crippen molar-refractivity contribution < 1.29 is 17.9 Å². The first-order valence-electron chi connectivity index (χ1n) is 15.2. The van der Waals surface area contributed by atoms with Crippen LogP contribution in [0.15, 0.2) is 77.7 Å². The zero-order valence-electron chi connectivity index (χ0n) is 26.6. The van der Waals surface area contributed by atoms with Gasteiger partial charge < -0.3 is 14.5 Å². The van der Waals surface area contributed by atoms with E-state index in [1.54, 1.807) is 36.2 Å². The molecule has 1 unspecified atom stereocenters. The molecule has 0 aliphatic carbocycles. The van der Waals surface area contributed by atoms with Gasteiger partial charge in [-0.3, -0.25) is 4.79 Å². The Morgan fingerprint density at radius 2 is 1.77 bits per heavy atom. The van der Waals surface area contributed by atoms with E-state index in [2.05, 4.69) is 11.0 Å². The number of rotatable bonds is 10. The lowest BCUT2D eigenvalue weighted by atomic mass is 9.88. The third-order valence-electron chi connectivity index (χ3n) is 8.92. The average molecular weight is 715 g/mol. The fourth-order valence-electron chi connectivity index (χ4n) is 6.41. The third kappa shape index (κ3) is 8.59. The van der Waals surface area contributed by atoms with Gasteiger partial charge in [-0.2, -0.15) is 5.26 Å². The number of carbonyl (C=O) groups is 1. The second-order valence-electron chi connectivity index (χ2n) is 12.0. The van der Waals surface area contributed by atoms with E-state index < -0.39 is 9.84 Å². The number of nitrogens with zero attached hydrogens (tertiary/aromatic N) is 3. The summed E-state index contributed by atoms with van der Waals surface area (Å²) in [5.41, 5.74) is 2.79. The number of fused-ring (bicyclic) bond motifs is 1. The normalized spacial score (nSPS) is 14.6. The quantitative estimate of drug-likeness (QED) is 0.166. The first-order chi connectivity index (χ1) is 22.0. The van der Waals surface area contributed by atoms with Gasteiger partial charge in [0.2, 0.25) is 0 Å². The topological polar surface area (TPSA) is 90.7 Å². The van der Waals surface area contributed by atoms with E-state index >= 15 is 0 Å². The summed E-state index contributed by atoms with van der Waals surface area (Å²) in [5, 5.41) is 12.2. The SMILES string of the molecule is COc1ccc(C2CCN(CCC(CN(C)C(=O)c3cc(C#N)cc4ccccc34)c3ccc(Cl)c(Cl)c3)CC2)c(S(C)(=O)=O)c1.Cl. The number of methoxy groups -OCH3 is 1. The number of sulfone groups is 1.